The van der Waals surface area contributed by atoms with Gasteiger partial charge in [-0.25, -0.2) is 4.79 Å². The van der Waals surface area contributed by atoms with Crippen molar-refractivity contribution in [2.24, 2.45) is 0 Å². The van der Waals surface area contributed by atoms with Crippen LogP contribution in [-0.4, -0.2) is 47.7 Å². The van der Waals surface area contributed by atoms with Crippen molar-refractivity contribution in [2.75, 3.05) is 19.8 Å². The molecule has 2 aromatic carbocycles. The van der Waals surface area contributed by atoms with Crippen LogP contribution in [-0.2, 0) is 19.1 Å². The van der Waals surface area contributed by atoms with E-state index >= 15 is 0 Å². The highest BCUT2D eigenvalue weighted by atomic mass is 35.5. The summed E-state index contributed by atoms with van der Waals surface area (Å²) in [5.41, 5.74) is 1.76. The van der Waals surface area contributed by atoms with E-state index in [1.165, 1.54) is 0 Å². The maximum Gasteiger partial charge on any atom is 0.329 e. The zero-order valence-electron chi connectivity index (χ0n) is 17.2. The first-order chi connectivity index (χ1) is 14.9. The van der Waals surface area contributed by atoms with Crippen molar-refractivity contribution in [1.82, 2.24) is 4.90 Å². The minimum absolute atomic E-state index is 0.0729. The van der Waals surface area contributed by atoms with Gasteiger partial charge in [-0.2, -0.15) is 0 Å². The van der Waals surface area contributed by atoms with Crippen molar-refractivity contribution in [3.8, 4) is 0 Å². The normalized spacial score (nSPS) is 20.0. The van der Waals surface area contributed by atoms with Gasteiger partial charge in [0.1, 0.15) is 19.3 Å². The van der Waals surface area contributed by atoms with Crippen molar-refractivity contribution in [1.29, 1.82) is 0 Å². The summed E-state index contributed by atoms with van der Waals surface area (Å²) < 4.78 is 11.4. The van der Waals surface area contributed by atoms with E-state index in [1.54, 1.807) is 29.2 Å². The monoisotopic (exact) mass is 465 g/mol. The summed E-state index contributed by atoms with van der Waals surface area (Å²) in [6.07, 6.45) is 1.06. The molecule has 1 saturated heterocycles. The fourth-order valence-corrected chi connectivity index (χ4v) is 4.16. The summed E-state index contributed by atoms with van der Waals surface area (Å²) in [5.74, 6) is -1.21. The lowest BCUT2D eigenvalue weighted by Gasteiger charge is -2.45. The van der Waals surface area contributed by atoms with Crippen LogP contribution in [0.15, 0.2) is 48.5 Å². The Kier molecular flexibility index (Phi) is 8.32. The molecule has 0 saturated carbocycles. The summed E-state index contributed by atoms with van der Waals surface area (Å²) in [4.78, 5) is 25.8. The van der Waals surface area contributed by atoms with Gasteiger partial charge in [0.05, 0.1) is 18.7 Å². The lowest BCUT2D eigenvalue weighted by molar-refractivity contribution is -0.166. The number of carboxylic acids is 1. The number of amides is 1. The van der Waals surface area contributed by atoms with Crippen LogP contribution in [0, 0.1) is 0 Å². The third kappa shape index (κ3) is 5.98. The van der Waals surface area contributed by atoms with E-state index in [1.807, 2.05) is 31.2 Å². The molecule has 1 amide bonds. The number of carbonyl (C=O) groups is 2. The number of benzene rings is 2. The fraction of sp³-hybridized carbons (Fsp3) is 0.391. The molecular formula is C23H25Cl2NO5. The molecule has 1 aliphatic heterocycles. The van der Waals surface area contributed by atoms with E-state index in [-0.39, 0.29) is 25.2 Å². The Hall–Kier alpha value is -2.12. The van der Waals surface area contributed by atoms with Gasteiger partial charge in [0.2, 0.25) is 5.91 Å². The van der Waals surface area contributed by atoms with E-state index in [2.05, 4.69) is 0 Å². The Morgan fingerprint density at radius 1 is 1.13 bits per heavy atom. The lowest BCUT2D eigenvalue weighted by atomic mass is 9.91. The van der Waals surface area contributed by atoms with Gasteiger partial charge in [0, 0.05) is 10.0 Å². The van der Waals surface area contributed by atoms with Gasteiger partial charge < -0.3 is 19.5 Å². The van der Waals surface area contributed by atoms with Gasteiger partial charge in [-0.05, 0) is 41.8 Å². The number of morpholine rings is 1. The second kappa shape index (κ2) is 11.0. The van der Waals surface area contributed by atoms with E-state index < -0.39 is 24.7 Å². The number of ether oxygens (including phenoxy) is 2. The maximum atomic E-state index is 13.1. The number of carbonyl (C=O) groups excluding carboxylic acids is 1. The van der Waals surface area contributed by atoms with Crippen LogP contribution in [0.3, 0.4) is 0 Å². The number of nitrogens with zero attached hydrogens (tertiary/aromatic N) is 1. The van der Waals surface area contributed by atoms with Crippen molar-refractivity contribution >= 4 is 35.1 Å². The molecule has 6 nitrogen and oxygen atoms in total. The van der Waals surface area contributed by atoms with Crippen LogP contribution < -0.4 is 0 Å². The minimum atomic E-state index is -1.04. The Morgan fingerprint density at radius 3 is 2.26 bits per heavy atom. The Bertz CT molecular complexity index is 888. The van der Waals surface area contributed by atoms with Gasteiger partial charge in [-0.15, -0.1) is 0 Å². The summed E-state index contributed by atoms with van der Waals surface area (Å²) in [7, 11) is 0. The van der Waals surface area contributed by atoms with Gasteiger partial charge >= 0.3 is 5.97 Å². The molecule has 0 aliphatic carbocycles. The van der Waals surface area contributed by atoms with Gasteiger partial charge in [0.25, 0.3) is 0 Å². The molecule has 1 fully saturated rings. The number of carboxylic acid groups (broad SMARTS) is 1. The summed E-state index contributed by atoms with van der Waals surface area (Å²) in [5, 5.41) is 10.1. The average molecular weight is 466 g/mol. The molecule has 0 bridgehead atoms. The minimum Gasteiger partial charge on any atom is -0.480 e. The molecule has 31 heavy (non-hydrogen) atoms. The zero-order chi connectivity index (χ0) is 22.4. The first-order valence-corrected chi connectivity index (χ1v) is 10.9. The van der Waals surface area contributed by atoms with Crippen LogP contribution in [0.2, 0.25) is 10.0 Å². The van der Waals surface area contributed by atoms with Crippen molar-refractivity contribution < 1.29 is 24.2 Å². The molecule has 0 unspecified atom stereocenters. The molecule has 166 valence electrons. The van der Waals surface area contributed by atoms with Crippen molar-refractivity contribution in [3.05, 3.63) is 69.7 Å². The number of rotatable bonds is 9. The lowest BCUT2D eigenvalue weighted by Crippen LogP contribution is -2.52. The fourth-order valence-electron chi connectivity index (χ4n) is 3.90. The highest BCUT2D eigenvalue weighted by molar-refractivity contribution is 6.30. The molecule has 3 rings (SSSR count). The molecule has 1 aliphatic rings. The highest BCUT2D eigenvalue weighted by Crippen LogP contribution is 2.42. The SMILES string of the molecule is CCC[C@H](COCC(=O)O)N1C(=O)CO[C@@H](c2ccc(Cl)cc2)[C@H]1c1ccc(Cl)cc1. The summed E-state index contributed by atoms with van der Waals surface area (Å²) in [6, 6.07) is 14.0. The molecule has 8 heteroatoms. The second-order valence-corrected chi connectivity index (χ2v) is 8.30. The maximum absolute atomic E-state index is 13.1. The molecule has 2 aromatic rings. The smallest absolute Gasteiger partial charge is 0.329 e. The quantitative estimate of drug-likeness (QED) is 0.569. The summed E-state index contributed by atoms with van der Waals surface area (Å²) >= 11 is 12.2. The van der Waals surface area contributed by atoms with Crippen LogP contribution in [0.25, 0.3) is 0 Å². The summed E-state index contributed by atoms with van der Waals surface area (Å²) in [6.45, 7) is 1.66. The van der Waals surface area contributed by atoms with Crippen LogP contribution in [0.5, 0.6) is 0 Å². The first-order valence-electron chi connectivity index (χ1n) is 10.1. The molecule has 0 aromatic heterocycles. The number of hydrogen-bond donors (Lipinski definition) is 1. The molecule has 3 atom stereocenters. The van der Waals surface area contributed by atoms with Gasteiger partial charge in [-0.1, -0.05) is 60.8 Å². The van der Waals surface area contributed by atoms with E-state index in [9.17, 15) is 9.59 Å². The largest absolute Gasteiger partial charge is 0.480 e. The molecular weight excluding hydrogens is 441 g/mol. The predicted molar refractivity (Wildman–Crippen MR) is 118 cm³/mol. The molecule has 0 radical (unpaired) electrons. The van der Waals surface area contributed by atoms with E-state index in [0.29, 0.717) is 16.5 Å². The van der Waals surface area contributed by atoms with Crippen molar-refractivity contribution in [2.45, 2.75) is 38.0 Å². The molecule has 0 spiro atoms. The second-order valence-electron chi connectivity index (χ2n) is 7.43. The zero-order valence-corrected chi connectivity index (χ0v) is 18.7. The molecule has 1 N–H and O–H groups in total. The molecule has 1 heterocycles. The van der Waals surface area contributed by atoms with Crippen molar-refractivity contribution in [3.63, 3.8) is 0 Å². The average Bonchev–Trinajstić information content (AvgIpc) is 2.74. The Labute approximate surface area is 191 Å². The van der Waals surface area contributed by atoms with Gasteiger partial charge in [0.15, 0.2) is 0 Å². The van der Waals surface area contributed by atoms with Gasteiger partial charge in [-0.3, -0.25) is 4.79 Å². The van der Waals surface area contributed by atoms with E-state index in [4.69, 9.17) is 37.8 Å². The predicted octanol–water partition coefficient (Wildman–Crippen LogP) is 4.90. The third-order valence-corrected chi connectivity index (χ3v) is 5.73. The Morgan fingerprint density at radius 2 is 1.71 bits per heavy atom. The number of halogens is 2. The number of aliphatic carboxylic acids is 1. The van der Waals surface area contributed by atoms with Crippen LogP contribution in [0.4, 0.5) is 0 Å². The van der Waals surface area contributed by atoms with Crippen LogP contribution >= 0.6 is 23.2 Å². The number of hydrogen-bond acceptors (Lipinski definition) is 4. The Balaban J connectivity index is 2.01. The standard InChI is InChI=1S/C23H25Cl2NO5/c1-2-3-19(12-30-14-21(28)29)26-20(27)13-31-23(16-6-10-18(25)11-7-16)22(26)15-4-8-17(24)9-5-15/h4-11,19,22-23H,2-3,12-14H2,1H3,(H,28,29)/t19-,22-,23+/m1/s1. The third-order valence-electron chi connectivity index (χ3n) is 5.22. The first kappa shape index (κ1) is 23.5. The topological polar surface area (TPSA) is 76.1 Å². The highest BCUT2D eigenvalue weighted by Gasteiger charge is 2.42. The van der Waals surface area contributed by atoms with E-state index in [0.717, 1.165) is 17.5 Å². The van der Waals surface area contributed by atoms with Crippen LogP contribution in [0.1, 0.15) is 43.0 Å².